The Hall–Kier alpha value is -1.01. The summed E-state index contributed by atoms with van der Waals surface area (Å²) in [6.45, 7) is 5.41. The van der Waals surface area contributed by atoms with Crippen LogP contribution in [0.2, 0.25) is 0 Å². The van der Waals surface area contributed by atoms with Crippen molar-refractivity contribution in [2.24, 2.45) is 4.40 Å². The number of nitrogens with zero attached hydrogens (tertiary/aromatic N) is 2. The monoisotopic (exact) mass is 260 g/mol. The van der Waals surface area contributed by atoms with E-state index in [2.05, 4.69) is 9.38 Å². The molecular formula is C11H14F2N2OS. The van der Waals surface area contributed by atoms with Crippen LogP contribution < -0.4 is 0 Å². The first-order valence-electron chi connectivity index (χ1n) is 5.01. The summed E-state index contributed by atoms with van der Waals surface area (Å²) in [5, 5.41) is 0. The van der Waals surface area contributed by atoms with Gasteiger partial charge in [-0.25, -0.2) is 8.78 Å². The largest absolute Gasteiger partial charge is 0.591 e. The third-order valence-corrected chi connectivity index (χ3v) is 3.20. The lowest BCUT2D eigenvalue weighted by molar-refractivity contribution is 0.146. The van der Waals surface area contributed by atoms with Crippen molar-refractivity contribution in [1.29, 1.82) is 0 Å². The highest BCUT2D eigenvalue weighted by molar-refractivity contribution is 7.91. The predicted molar refractivity (Wildman–Crippen MR) is 64.7 cm³/mol. The highest BCUT2D eigenvalue weighted by Crippen LogP contribution is 2.17. The van der Waals surface area contributed by atoms with Gasteiger partial charge in [0.05, 0.1) is 6.21 Å². The van der Waals surface area contributed by atoms with Gasteiger partial charge in [-0.15, -0.1) is 0 Å². The fourth-order valence-corrected chi connectivity index (χ4v) is 1.42. The van der Waals surface area contributed by atoms with E-state index in [1.807, 2.05) is 0 Å². The second kappa shape index (κ2) is 5.55. The van der Waals surface area contributed by atoms with Gasteiger partial charge < -0.3 is 4.55 Å². The number of alkyl halides is 2. The smallest absolute Gasteiger partial charge is 0.280 e. The fraction of sp³-hybridized carbons (Fsp3) is 0.455. The SMILES string of the molecule is CC(C)(C)[S@@+]([O-])N=Cc1ccc(C(F)F)nc1. The molecule has 1 aromatic rings. The van der Waals surface area contributed by atoms with Gasteiger partial charge in [0.15, 0.2) is 0 Å². The second-order valence-electron chi connectivity index (χ2n) is 4.41. The molecule has 0 saturated heterocycles. The number of pyridine rings is 1. The van der Waals surface area contributed by atoms with Crippen LogP contribution in [0.3, 0.4) is 0 Å². The molecule has 0 unspecified atom stereocenters. The van der Waals surface area contributed by atoms with E-state index in [1.54, 1.807) is 20.8 Å². The molecule has 1 aromatic heterocycles. The topological polar surface area (TPSA) is 48.3 Å². The number of aromatic nitrogens is 1. The second-order valence-corrected chi connectivity index (χ2v) is 6.35. The van der Waals surface area contributed by atoms with Crippen LogP contribution in [0.4, 0.5) is 8.78 Å². The predicted octanol–water partition coefficient (Wildman–Crippen LogP) is 2.90. The number of halogens is 2. The van der Waals surface area contributed by atoms with Crippen LogP contribution >= 0.6 is 0 Å². The van der Waals surface area contributed by atoms with Crippen molar-refractivity contribution in [1.82, 2.24) is 4.98 Å². The molecule has 0 aliphatic carbocycles. The minimum absolute atomic E-state index is 0.279. The van der Waals surface area contributed by atoms with Gasteiger partial charge in [0, 0.05) is 11.8 Å². The van der Waals surface area contributed by atoms with E-state index in [1.165, 1.54) is 24.5 Å². The maximum Gasteiger partial charge on any atom is 0.280 e. The Kier molecular flexibility index (Phi) is 4.59. The van der Waals surface area contributed by atoms with Crippen LogP contribution in [0.1, 0.15) is 38.5 Å². The van der Waals surface area contributed by atoms with Gasteiger partial charge in [0.2, 0.25) is 0 Å². The highest BCUT2D eigenvalue weighted by Gasteiger charge is 2.25. The molecule has 3 nitrogen and oxygen atoms in total. The summed E-state index contributed by atoms with van der Waals surface area (Å²) in [4.78, 5) is 3.58. The standard InChI is InChI=1S/C11H14F2N2OS/c1-11(2,3)17(16)15-7-8-4-5-9(10(12)13)14-6-8/h4-7,10H,1-3H3/t17-/m1/s1. The lowest BCUT2D eigenvalue weighted by Gasteiger charge is -2.17. The normalized spacial score (nSPS) is 14.5. The van der Waals surface area contributed by atoms with E-state index >= 15 is 0 Å². The van der Waals surface area contributed by atoms with Crippen molar-refractivity contribution in [2.75, 3.05) is 0 Å². The Morgan fingerprint density at radius 3 is 2.47 bits per heavy atom. The van der Waals surface area contributed by atoms with Crippen LogP contribution in [-0.2, 0) is 11.4 Å². The Bertz CT molecular complexity index is 387. The van der Waals surface area contributed by atoms with Crippen molar-refractivity contribution in [3.63, 3.8) is 0 Å². The van der Waals surface area contributed by atoms with Crippen LogP contribution in [0, 0.1) is 0 Å². The minimum atomic E-state index is -2.58. The van der Waals surface area contributed by atoms with E-state index in [9.17, 15) is 13.3 Å². The molecule has 0 saturated carbocycles. The lowest BCUT2D eigenvalue weighted by Crippen LogP contribution is -2.25. The van der Waals surface area contributed by atoms with Gasteiger partial charge in [-0.1, -0.05) is 4.40 Å². The Balaban J connectivity index is 2.73. The van der Waals surface area contributed by atoms with Gasteiger partial charge in [0.1, 0.15) is 21.8 Å². The molecule has 1 rings (SSSR count). The molecule has 0 spiro atoms. The van der Waals surface area contributed by atoms with E-state index in [0.29, 0.717) is 5.56 Å². The van der Waals surface area contributed by atoms with E-state index in [4.69, 9.17) is 0 Å². The average molecular weight is 260 g/mol. The summed E-state index contributed by atoms with van der Waals surface area (Å²) >= 11 is -1.36. The summed E-state index contributed by atoms with van der Waals surface area (Å²) in [6.07, 6.45) is 0.0822. The van der Waals surface area contributed by atoms with E-state index in [0.717, 1.165) is 0 Å². The van der Waals surface area contributed by atoms with Crippen molar-refractivity contribution in [3.8, 4) is 0 Å². The van der Waals surface area contributed by atoms with Gasteiger partial charge >= 0.3 is 0 Å². The zero-order valence-electron chi connectivity index (χ0n) is 9.85. The molecule has 1 atom stereocenters. The zero-order valence-corrected chi connectivity index (χ0v) is 10.7. The van der Waals surface area contributed by atoms with Crippen LogP contribution in [0.25, 0.3) is 0 Å². The maximum atomic E-state index is 12.2. The number of hydrogen-bond donors (Lipinski definition) is 0. The molecular weight excluding hydrogens is 246 g/mol. The first-order valence-corrected chi connectivity index (χ1v) is 6.11. The molecule has 0 amide bonds. The third kappa shape index (κ3) is 4.40. The molecule has 1 heterocycles. The molecule has 0 aliphatic heterocycles. The molecule has 0 bridgehead atoms. The minimum Gasteiger partial charge on any atom is -0.591 e. The Morgan fingerprint density at radius 1 is 1.41 bits per heavy atom. The van der Waals surface area contributed by atoms with Crippen LogP contribution in [0.5, 0.6) is 0 Å². The van der Waals surface area contributed by atoms with Crippen molar-refractivity contribution < 1.29 is 13.3 Å². The molecule has 0 aliphatic rings. The first-order chi connectivity index (χ1) is 7.80. The molecule has 6 heteroatoms. The lowest BCUT2D eigenvalue weighted by atomic mass is 10.3. The molecule has 0 radical (unpaired) electrons. The quantitative estimate of drug-likeness (QED) is 0.619. The van der Waals surface area contributed by atoms with Crippen molar-refractivity contribution in [2.45, 2.75) is 31.9 Å². The summed E-state index contributed by atoms with van der Waals surface area (Å²) in [5.74, 6) is 0. The van der Waals surface area contributed by atoms with Gasteiger partial charge in [-0.3, -0.25) is 4.98 Å². The first kappa shape index (κ1) is 14.1. The molecule has 17 heavy (non-hydrogen) atoms. The molecule has 0 fully saturated rings. The Labute approximate surface area is 102 Å². The number of hydrogen-bond acceptors (Lipinski definition) is 3. The number of rotatable bonds is 3. The van der Waals surface area contributed by atoms with Gasteiger partial charge in [0.25, 0.3) is 6.43 Å². The molecule has 0 N–H and O–H groups in total. The summed E-state index contributed by atoms with van der Waals surface area (Å²) in [6, 6.07) is 2.70. The summed E-state index contributed by atoms with van der Waals surface area (Å²) < 4.78 is 39.5. The third-order valence-electron chi connectivity index (χ3n) is 1.85. The van der Waals surface area contributed by atoms with Gasteiger partial charge in [-0.05, 0) is 32.9 Å². The van der Waals surface area contributed by atoms with Gasteiger partial charge in [-0.2, -0.15) is 0 Å². The van der Waals surface area contributed by atoms with Crippen molar-refractivity contribution in [3.05, 3.63) is 29.6 Å². The van der Waals surface area contributed by atoms with E-state index < -0.39 is 22.5 Å². The van der Waals surface area contributed by atoms with Crippen molar-refractivity contribution >= 4 is 17.6 Å². The maximum absolute atomic E-state index is 12.2. The zero-order chi connectivity index (χ0) is 13.1. The molecule has 0 aromatic carbocycles. The fourth-order valence-electron chi connectivity index (χ4n) is 0.889. The van der Waals surface area contributed by atoms with E-state index in [-0.39, 0.29) is 5.69 Å². The van der Waals surface area contributed by atoms with Crippen LogP contribution in [-0.4, -0.2) is 20.5 Å². The Morgan fingerprint density at radius 2 is 2.06 bits per heavy atom. The van der Waals surface area contributed by atoms with Crippen LogP contribution in [0.15, 0.2) is 22.7 Å². The average Bonchev–Trinajstić information content (AvgIpc) is 2.25. The summed E-state index contributed by atoms with van der Waals surface area (Å²) in [7, 11) is 0. The summed E-state index contributed by atoms with van der Waals surface area (Å²) in [5.41, 5.74) is 0.270. The highest BCUT2D eigenvalue weighted by atomic mass is 32.2. The molecule has 94 valence electrons.